The van der Waals surface area contributed by atoms with E-state index in [1.165, 1.54) is 5.56 Å². The van der Waals surface area contributed by atoms with Gasteiger partial charge in [0.15, 0.2) is 0 Å². The quantitative estimate of drug-likeness (QED) is 0.739. The fourth-order valence-corrected chi connectivity index (χ4v) is 6.45. The van der Waals surface area contributed by atoms with E-state index in [0.29, 0.717) is 25.2 Å². The minimum atomic E-state index is -0.701. The van der Waals surface area contributed by atoms with Crippen molar-refractivity contribution in [2.45, 2.75) is 51.4 Å². The fraction of sp³-hybridized carbons (Fsp3) is 0.464. The van der Waals surface area contributed by atoms with Crippen molar-refractivity contribution >= 4 is 17.9 Å². The summed E-state index contributed by atoms with van der Waals surface area (Å²) in [6.07, 6.45) is 6.09. The first-order chi connectivity index (χ1) is 17.0. The lowest BCUT2D eigenvalue weighted by Crippen LogP contribution is -2.53. The van der Waals surface area contributed by atoms with Crippen LogP contribution in [0.4, 0.5) is 0 Å². The molecule has 7 heteroatoms. The Morgan fingerprint density at radius 2 is 1.86 bits per heavy atom. The molecular weight excluding hydrogens is 442 g/mol. The summed E-state index contributed by atoms with van der Waals surface area (Å²) in [6, 6.07) is 10.8. The molecule has 0 bridgehead atoms. The van der Waals surface area contributed by atoms with Crippen molar-refractivity contribution in [3.8, 4) is 0 Å². The number of amides is 2. The standard InChI is InChI=1S/C28H31N3O4/c1-2-5-18-10-11-23-24-21(15-30(23)26(18)33)22(16-32)25(31(24)27(34)19-8-9-19)28(35)29-13-12-17-6-3-4-7-20(17)14-29/h2-7,10-11,19,21-22,24-25,32H,8-9,12-16H2,1H3/b5-2-/t21-,22-,24+,25-/m1/s1. The van der Waals surface area contributed by atoms with E-state index < -0.39 is 12.0 Å². The number of aliphatic hydroxyl groups is 1. The van der Waals surface area contributed by atoms with Crippen LogP contribution >= 0.6 is 0 Å². The average Bonchev–Trinajstić information content (AvgIpc) is 3.59. The summed E-state index contributed by atoms with van der Waals surface area (Å²) < 4.78 is 1.75. The molecule has 3 aliphatic heterocycles. The molecule has 0 radical (unpaired) electrons. The number of aromatic nitrogens is 1. The minimum absolute atomic E-state index is 0.00913. The summed E-state index contributed by atoms with van der Waals surface area (Å²) in [7, 11) is 0. The normalized spacial score (nSPS) is 27.1. The van der Waals surface area contributed by atoms with Crippen LogP contribution in [-0.4, -0.2) is 50.5 Å². The van der Waals surface area contributed by atoms with Gasteiger partial charge in [0.1, 0.15) is 6.04 Å². The highest BCUT2D eigenvalue weighted by molar-refractivity contribution is 5.91. The number of nitrogens with zero attached hydrogens (tertiary/aromatic N) is 3. The predicted octanol–water partition coefficient (Wildman–Crippen LogP) is 2.37. The molecule has 35 heavy (non-hydrogen) atoms. The van der Waals surface area contributed by atoms with Crippen molar-refractivity contribution in [1.29, 1.82) is 0 Å². The van der Waals surface area contributed by atoms with Crippen LogP contribution in [0.5, 0.6) is 0 Å². The summed E-state index contributed by atoms with van der Waals surface area (Å²) in [4.78, 5) is 44.4. The molecule has 1 saturated heterocycles. The molecule has 1 N–H and O–H groups in total. The van der Waals surface area contributed by atoms with E-state index in [1.54, 1.807) is 21.6 Å². The molecule has 0 unspecified atom stereocenters. The number of rotatable bonds is 4. The van der Waals surface area contributed by atoms with E-state index in [9.17, 15) is 19.5 Å². The molecular formula is C28H31N3O4. The van der Waals surface area contributed by atoms with Crippen molar-refractivity contribution in [1.82, 2.24) is 14.4 Å². The second-order valence-corrected chi connectivity index (χ2v) is 10.3. The van der Waals surface area contributed by atoms with Gasteiger partial charge in [-0.25, -0.2) is 0 Å². The maximum atomic E-state index is 14.0. The van der Waals surface area contributed by atoms with E-state index in [0.717, 1.165) is 30.5 Å². The zero-order chi connectivity index (χ0) is 24.3. The number of pyridine rings is 1. The Hall–Kier alpha value is -3.19. The van der Waals surface area contributed by atoms with E-state index in [2.05, 4.69) is 12.1 Å². The van der Waals surface area contributed by atoms with Gasteiger partial charge in [-0.3, -0.25) is 14.4 Å². The van der Waals surface area contributed by atoms with Crippen LogP contribution in [-0.2, 0) is 29.1 Å². The molecule has 7 nitrogen and oxygen atoms in total. The van der Waals surface area contributed by atoms with Crippen molar-refractivity contribution in [2.24, 2.45) is 17.8 Å². The molecule has 2 amide bonds. The molecule has 182 valence electrons. The second-order valence-electron chi connectivity index (χ2n) is 10.3. The van der Waals surface area contributed by atoms with Gasteiger partial charge < -0.3 is 19.5 Å². The summed E-state index contributed by atoms with van der Waals surface area (Å²) in [6.45, 7) is 3.22. The Balaban J connectivity index is 1.39. The van der Waals surface area contributed by atoms with Crippen LogP contribution < -0.4 is 5.56 Å². The number of carbonyl (C=O) groups excluding carboxylic acids is 2. The topological polar surface area (TPSA) is 82.8 Å². The third kappa shape index (κ3) is 3.47. The number of benzene rings is 1. The number of aliphatic hydroxyl groups excluding tert-OH is 1. The molecule has 4 atom stereocenters. The lowest BCUT2D eigenvalue weighted by molar-refractivity contribution is -0.148. The highest BCUT2D eigenvalue weighted by Crippen LogP contribution is 2.51. The second kappa shape index (κ2) is 8.48. The van der Waals surface area contributed by atoms with Crippen molar-refractivity contribution in [2.75, 3.05) is 13.2 Å². The fourth-order valence-electron chi connectivity index (χ4n) is 6.45. The summed E-state index contributed by atoms with van der Waals surface area (Å²) in [5, 5.41) is 10.5. The van der Waals surface area contributed by atoms with Crippen LogP contribution in [0.3, 0.4) is 0 Å². The van der Waals surface area contributed by atoms with Gasteiger partial charge in [0.25, 0.3) is 5.56 Å². The molecule has 2 fully saturated rings. The summed E-state index contributed by atoms with van der Waals surface area (Å²) >= 11 is 0. The summed E-state index contributed by atoms with van der Waals surface area (Å²) in [5.41, 5.74) is 3.70. The van der Waals surface area contributed by atoms with Crippen molar-refractivity contribution in [3.05, 3.63) is 75.2 Å². The van der Waals surface area contributed by atoms with Gasteiger partial charge in [0.05, 0.1) is 6.04 Å². The SMILES string of the molecule is C/C=C\c1ccc2n(c1=O)C[C@@H]1[C@@H](CO)[C@H](C(=O)N3CCc4ccccc4C3)N(C(=O)C3CC3)[C@H]21. The number of fused-ring (bicyclic) bond motifs is 4. The average molecular weight is 474 g/mol. The Labute approximate surface area is 204 Å². The van der Waals surface area contributed by atoms with Gasteiger partial charge in [-0.05, 0) is 49.4 Å². The molecule has 2 aromatic rings. The van der Waals surface area contributed by atoms with Crippen LogP contribution in [0.25, 0.3) is 6.08 Å². The largest absolute Gasteiger partial charge is 0.396 e. The van der Waals surface area contributed by atoms with Crippen molar-refractivity contribution in [3.63, 3.8) is 0 Å². The molecule has 0 spiro atoms. The minimum Gasteiger partial charge on any atom is -0.396 e. The number of carbonyl (C=O) groups is 2. The molecule has 4 aliphatic rings. The highest BCUT2D eigenvalue weighted by atomic mass is 16.3. The monoisotopic (exact) mass is 473 g/mol. The molecule has 1 aromatic heterocycles. The van der Waals surface area contributed by atoms with Gasteiger partial charge >= 0.3 is 0 Å². The van der Waals surface area contributed by atoms with Gasteiger partial charge in [-0.2, -0.15) is 0 Å². The number of allylic oxidation sites excluding steroid dienone is 1. The zero-order valence-electron chi connectivity index (χ0n) is 20.0. The predicted molar refractivity (Wildman–Crippen MR) is 131 cm³/mol. The number of hydrogen-bond acceptors (Lipinski definition) is 4. The van der Waals surface area contributed by atoms with Gasteiger partial charge in [0, 0.05) is 55.3 Å². The zero-order valence-corrected chi connectivity index (χ0v) is 20.0. The van der Waals surface area contributed by atoms with Crippen LogP contribution in [0.1, 0.15) is 48.2 Å². The maximum absolute atomic E-state index is 14.0. The molecule has 1 aliphatic carbocycles. The lowest BCUT2D eigenvalue weighted by Gasteiger charge is -2.37. The first kappa shape index (κ1) is 22.3. The van der Waals surface area contributed by atoms with Crippen LogP contribution in [0, 0.1) is 17.8 Å². The third-order valence-electron chi connectivity index (χ3n) is 8.33. The smallest absolute Gasteiger partial charge is 0.258 e. The number of hydrogen-bond donors (Lipinski definition) is 1. The van der Waals surface area contributed by atoms with E-state index in [-0.39, 0.29) is 41.9 Å². The Bertz CT molecular complexity index is 1280. The Kier molecular flexibility index (Phi) is 5.40. The third-order valence-corrected chi connectivity index (χ3v) is 8.33. The molecule has 1 aromatic carbocycles. The van der Waals surface area contributed by atoms with Gasteiger partial charge in [-0.15, -0.1) is 0 Å². The lowest BCUT2D eigenvalue weighted by atomic mass is 9.87. The molecule has 1 saturated carbocycles. The Morgan fingerprint density at radius 3 is 2.57 bits per heavy atom. The van der Waals surface area contributed by atoms with E-state index >= 15 is 0 Å². The van der Waals surface area contributed by atoms with Crippen LogP contribution in [0.2, 0.25) is 0 Å². The van der Waals surface area contributed by atoms with Crippen molar-refractivity contribution < 1.29 is 14.7 Å². The van der Waals surface area contributed by atoms with E-state index in [1.807, 2.05) is 36.1 Å². The molecule has 6 rings (SSSR count). The number of likely N-dealkylation sites (tertiary alicyclic amines) is 1. The maximum Gasteiger partial charge on any atom is 0.258 e. The molecule has 4 heterocycles. The summed E-state index contributed by atoms with van der Waals surface area (Å²) in [5.74, 6) is -0.723. The van der Waals surface area contributed by atoms with Gasteiger partial charge in [-0.1, -0.05) is 36.4 Å². The Morgan fingerprint density at radius 1 is 1.09 bits per heavy atom. The van der Waals surface area contributed by atoms with Gasteiger partial charge in [0.2, 0.25) is 11.8 Å². The first-order valence-electron chi connectivity index (χ1n) is 12.7. The van der Waals surface area contributed by atoms with E-state index in [4.69, 9.17) is 0 Å². The highest BCUT2D eigenvalue weighted by Gasteiger charge is 2.59. The first-order valence-corrected chi connectivity index (χ1v) is 12.7. The van der Waals surface area contributed by atoms with Crippen LogP contribution in [0.15, 0.2) is 47.3 Å².